The van der Waals surface area contributed by atoms with Crippen LogP contribution in [0.4, 0.5) is 16.3 Å². The molecule has 0 spiro atoms. The molecule has 2 aromatic heterocycles. The third-order valence-electron chi connectivity index (χ3n) is 8.19. The number of hydrogen-bond acceptors (Lipinski definition) is 8. The first kappa shape index (κ1) is 31.1. The monoisotopic (exact) mass is 645 g/mol. The Labute approximate surface area is 269 Å². The molecule has 1 saturated heterocycles. The van der Waals surface area contributed by atoms with Crippen molar-refractivity contribution in [1.29, 1.82) is 0 Å². The van der Waals surface area contributed by atoms with Crippen molar-refractivity contribution in [2.75, 3.05) is 23.8 Å². The fourth-order valence-electron chi connectivity index (χ4n) is 6.09. The molecule has 2 aliphatic rings. The van der Waals surface area contributed by atoms with Gasteiger partial charge in [0.1, 0.15) is 12.4 Å². The normalized spacial score (nSPS) is 22.2. The number of amides is 3. The molecule has 238 valence electrons. The number of nitrogens with one attached hydrogen (secondary N) is 2. The van der Waals surface area contributed by atoms with Gasteiger partial charge < -0.3 is 29.4 Å². The van der Waals surface area contributed by atoms with E-state index in [1.54, 1.807) is 12.4 Å². The van der Waals surface area contributed by atoms with Crippen molar-refractivity contribution in [1.82, 2.24) is 24.8 Å². The Morgan fingerprint density at radius 1 is 1.09 bits per heavy atom. The molecule has 14 heteroatoms. The highest BCUT2D eigenvalue weighted by molar-refractivity contribution is 6.34. The molecule has 0 bridgehead atoms. The predicted molar refractivity (Wildman–Crippen MR) is 171 cm³/mol. The van der Waals surface area contributed by atoms with Gasteiger partial charge in [-0.2, -0.15) is 0 Å². The summed E-state index contributed by atoms with van der Waals surface area (Å²) in [6.45, 7) is 2.26. The number of benzene rings is 2. The molecule has 1 aliphatic heterocycles. The zero-order valence-corrected chi connectivity index (χ0v) is 25.8. The van der Waals surface area contributed by atoms with E-state index in [1.807, 2.05) is 54.0 Å². The average Bonchev–Trinajstić information content (AvgIpc) is 3.75. The second-order valence-electron chi connectivity index (χ2n) is 11.0. The molecule has 1 aliphatic carbocycles. The molecule has 4 aromatic rings. The third kappa shape index (κ3) is 6.16. The van der Waals surface area contributed by atoms with Crippen molar-refractivity contribution in [3.8, 4) is 0 Å². The van der Waals surface area contributed by atoms with Crippen LogP contribution < -0.4 is 15.5 Å². The number of aromatic nitrogens is 4. The van der Waals surface area contributed by atoms with Crippen LogP contribution in [0.1, 0.15) is 41.7 Å². The van der Waals surface area contributed by atoms with Crippen LogP contribution in [-0.2, 0) is 14.3 Å². The van der Waals surface area contributed by atoms with Gasteiger partial charge >= 0.3 is 12.0 Å². The lowest BCUT2D eigenvalue weighted by Gasteiger charge is -2.24. The highest BCUT2D eigenvalue weighted by Gasteiger charge is 2.52. The summed E-state index contributed by atoms with van der Waals surface area (Å²) in [5, 5.41) is 15.3. The third-order valence-corrected chi connectivity index (χ3v) is 8.49. The number of halogens is 1. The summed E-state index contributed by atoms with van der Waals surface area (Å²) < 4.78 is 14.7. The molecular formula is C32H32ClN7O6. The van der Waals surface area contributed by atoms with Crippen LogP contribution in [0, 0.1) is 5.92 Å². The summed E-state index contributed by atoms with van der Waals surface area (Å²) in [5.41, 5.74) is 1.94. The number of urea groups is 1. The molecule has 13 nitrogen and oxygen atoms in total. The number of nitrogens with zero attached hydrogens (tertiary/aromatic N) is 5. The first-order valence-corrected chi connectivity index (χ1v) is 15.2. The van der Waals surface area contributed by atoms with Crippen molar-refractivity contribution < 1.29 is 29.0 Å². The molecule has 2 fully saturated rings. The molecule has 0 radical (unpaired) electrons. The van der Waals surface area contributed by atoms with E-state index >= 15 is 0 Å². The van der Waals surface area contributed by atoms with Gasteiger partial charge in [-0.1, -0.05) is 54.1 Å². The summed E-state index contributed by atoms with van der Waals surface area (Å²) in [6.07, 6.45) is 5.65. The van der Waals surface area contributed by atoms with Crippen LogP contribution in [0.15, 0.2) is 67.3 Å². The standard InChI is InChI=1S/C32H32ClN7O6/c1-3-34-32(44)38-29-25-30(36-16-35-29)40(17-37-25)22-14-19(15-23(41)39(2)26-20(31(42)43)10-7-11-21(26)33)27-28(22)46-24(45-27)13-12-18-8-5-4-6-9-18/h4-13,16-17,19,22,24,27-28H,3,14-15H2,1-2H3,(H,42,43)(H2,34,35,36,38,44)/b13-12+/t19?,22?,24-,27?,28?/m0/s1. The number of ether oxygens (including phenoxy) is 2. The Morgan fingerprint density at radius 2 is 1.87 bits per heavy atom. The van der Waals surface area contributed by atoms with Crippen molar-refractivity contribution in [3.63, 3.8) is 0 Å². The number of carboxylic acid groups (broad SMARTS) is 1. The Balaban J connectivity index is 1.29. The maximum atomic E-state index is 13.7. The Bertz CT molecular complexity index is 1800. The quantitative estimate of drug-likeness (QED) is 0.233. The molecule has 3 amide bonds. The Hall–Kier alpha value is -4.85. The van der Waals surface area contributed by atoms with E-state index in [4.69, 9.17) is 21.1 Å². The lowest BCUT2D eigenvalue weighted by atomic mass is 10.00. The average molecular weight is 646 g/mol. The van der Waals surface area contributed by atoms with E-state index < -0.39 is 30.5 Å². The van der Waals surface area contributed by atoms with Crippen LogP contribution in [0.5, 0.6) is 0 Å². The summed E-state index contributed by atoms with van der Waals surface area (Å²) in [5.74, 6) is -1.55. The van der Waals surface area contributed by atoms with Crippen molar-refractivity contribution >= 4 is 58.3 Å². The number of anilines is 2. The Morgan fingerprint density at radius 3 is 2.63 bits per heavy atom. The number of fused-ring (bicyclic) bond motifs is 2. The number of hydrogen-bond donors (Lipinski definition) is 3. The maximum absolute atomic E-state index is 13.7. The van der Waals surface area contributed by atoms with Gasteiger partial charge in [0.15, 0.2) is 23.3 Å². The fraction of sp³-hybridized carbons (Fsp3) is 0.312. The number of carbonyl (C=O) groups excluding carboxylic acids is 2. The zero-order valence-electron chi connectivity index (χ0n) is 25.0. The highest BCUT2D eigenvalue weighted by atomic mass is 35.5. The van der Waals surface area contributed by atoms with Crippen LogP contribution in [0.3, 0.4) is 0 Å². The summed E-state index contributed by atoms with van der Waals surface area (Å²) >= 11 is 6.37. The summed E-state index contributed by atoms with van der Waals surface area (Å²) in [7, 11) is 1.51. The van der Waals surface area contributed by atoms with E-state index in [0.717, 1.165) is 5.56 Å². The highest BCUT2D eigenvalue weighted by Crippen LogP contribution is 2.47. The summed E-state index contributed by atoms with van der Waals surface area (Å²) in [6, 6.07) is 13.5. The van der Waals surface area contributed by atoms with E-state index in [0.29, 0.717) is 24.1 Å². The van der Waals surface area contributed by atoms with Crippen LogP contribution in [0.25, 0.3) is 17.2 Å². The summed E-state index contributed by atoms with van der Waals surface area (Å²) in [4.78, 5) is 52.3. The van der Waals surface area contributed by atoms with Gasteiger partial charge in [-0.3, -0.25) is 10.1 Å². The molecule has 4 unspecified atom stereocenters. The lowest BCUT2D eigenvalue weighted by Crippen LogP contribution is -2.33. The van der Waals surface area contributed by atoms with Crippen molar-refractivity contribution in [2.45, 2.75) is 44.3 Å². The molecule has 6 rings (SSSR count). The minimum absolute atomic E-state index is 0.0442. The van der Waals surface area contributed by atoms with Gasteiger partial charge in [0.2, 0.25) is 5.91 Å². The predicted octanol–water partition coefficient (Wildman–Crippen LogP) is 4.76. The van der Waals surface area contributed by atoms with Crippen LogP contribution in [0.2, 0.25) is 5.02 Å². The SMILES string of the molecule is CCNC(=O)Nc1ncnc2c1ncn2C1CC(CC(=O)N(C)c2c(Cl)cccc2C(=O)O)C2O[C@H](/C=C/c3ccccc3)OC21. The van der Waals surface area contributed by atoms with Crippen molar-refractivity contribution in [2.24, 2.45) is 5.92 Å². The second kappa shape index (κ2) is 13.3. The van der Waals surface area contributed by atoms with E-state index in [2.05, 4.69) is 25.6 Å². The first-order valence-electron chi connectivity index (χ1n) is 14.8. The van der Waals surface area contributed by atoms with Gasteiger partial charge in [-0.25, -0.2) is 24.5 Å². The van der Waals surface area contributed by atoms with E-state index in [-0.39, 0.29) is 46.4 Å². The minimum atomic E-state index is -1.19. The largest absolute Gasteiger partial charge is 0.478 e. The Kier molecular flexibility index (Phi) is 8.97. The molecule has 3 heterocycles. The maximum Gasteiger partial charge on any atom is 0.337 e. The van der Waals surface area contributed by atoms with Gasteiger partial charge in [-0.15, -0.1) is 0 Å². The van der Waals surface area contributed by atoms with Gasteiger partial charge in [0, 0.05) is 20.0 Å². The van der Waals surface area contributed by atoms with E-state index in [9.17, 15) is 19.5 Å². The number of aromatic carboxylic acids is 1. The number of para-hydroxylation sites is 1. The van der Waals surface area contributed by atoms with Gasteiger partial charge in [-0.05, 0) is 43.0 Å². The zero-order chi connectivity index (χ0) is 32.4. The molecule has 3 N–H and O–H groups in total. The second-order valence-corrected chi connectivity index (χ2v) is 11.4. The molecule has 2 aromatic carbocycles. The number of carbonyl (C=O) groups is 3. The number of rotatable bonds is 9. The number of imidazole rings is 1. The van der Waals surface area contributed by atoms with Crippen LogP contribution >= 0.6 is 11.6 Å². The first-order chi connectivity index (χ1) is 22.2. The van der Waals surface area contributed by atoms with E-state index in [1.165, 1.54) is 30.4 Å². The lowest BCUT2D eigenvalue weighted by molar-refractivity contribution is -0.120. The molecule has 1 saturated carbocycles. The topological polar surface area (TPSA) is 161 Å². The number of carboxylic acids is 1. The van der Waals surface area contributed by atoms with Gasteiger partial charge in [0.05, 0.1) is 34.7 Å². The molecular weight excluding hydrogens is 614 g/mol. The molecule has 5 atom stereocenters. The van der Waals surface area contributed by atoms with Crippen molar-refractivity contribution in [3.05, 3.63) is 83.4 Å². The molecule has 46 heavy (non-hydrogen) atoms. The fourth-order valence-corrected chi connectivity index (χ4v) is 6.39. The minimum Gasteiger partial charge on any atom is -0.478 e. The smallest absolute Gasteiger partial charge is 0.337 e. The van der Waals surface area contributed by atoms with Gasteiger partial charge in [0.25, 0.3) is 0 Å². The van der Waals surface area contributed by atoms with Crippen LogP contribution in [-0.4, -0.2) is 74.6 Å².